The summed E-state index contributed by atoms with van der Waals surface area (Å²) in [4.78, 5) is 27.3. The maximum atomic E-state index is 13.0. The van der Waals surface area contributed by atoms with Crippen LogP contribution in [0.1, 0.15) is 15.9 Å². The minimum absolute atomic E-state index is 0.0185. The second kappa shape index (κ2) is 8.54. The molecule has 0 unspecified atom stereocenters. The van der Waals surface area contributed by atoms with Gasteiger partial charge in [0.15, 0.2) is 0 Å². The van der Waals surface area contributed by atoms with Crippen molar-refractivity contribution in [3.8, 4) is 11.5 Å². The van der Waals surface area contributed by atoms with Gasteiger partial charge in [-0.25, -0.2) is 9.18 Å². The van der Waals surface area contributed by atoms with Crippen LogP contribution in [0.2, 0.25) is 0 Å². The minimum atomic E-state index is -0.650. The van der Waals surface area contributed by atoms with Gasteiger partial charge in [-0.2, -0.15) is 0 Å². The van der Waals surface area contributed by atoms with Gasteiger partial charge in [0.25, 0.3) is 0 Å². The Labute approximate surface area is 158 Å². The highest BCUT2D eigenvalue weighted by Gasteiger charge is 2.16. The monoisotopic (exact) mass is 380 g/mol. The van der Waals surface area contributed by atoms with Crippen molar-refractivity contribution in [1.82, 2.24) is 0 Å². The number of carbonyl (C=O) groups is 1. The maximum Gasteiger partial charge on any atom is 0.365 e. The van der Waals surface area contributed by atoms with Crippen molar-refractivity contribution < 1.29 is 23.7 Å². The Bertz CT molecular complexity index is 1020. The van der Waals surface area contributed by atoms with E-state index in [1.54, 1.807) is 30.3 Å². The first kappa shape index (κ1) is 18.7. The summed E-state index contributed by atoms with van der Waals surface area (Å²) < 4.78 is 18.4. The molecular weight excluding hydrogens is 367 g/mol. The third-order valence-electron chi connectivity index (χ3n) is 3.57. The number of nitro groups is 1. The smallest absolute Gasteiger partial charge is 0.365 e. The average molecular weight is 380 g/mol. The summed E-state index contributed by atoms with van der Waals surface area (Å²) >= 11 is 0. The highest BCUT2D eigenvalue weighted by Crippen LogP contribution is 2.31. The molecule has 0 aromatic heterocycles. The van der Waals surface area contributed by atoms with Crippen molar-refractivity contribution >= 4 is 17.9 Å². The molecule has 0 saturated heterocycles. The van der Waals surface area contributed by atoms with Gasteiger partial charge >= 0.3 is 11.7 Å². The predicted octanol–water partition coefficient (Wildman–Crippen LogP) is 4.72. The summed E-state index contributed by atoms with van der Waals surface area (Å²) in [6.45, 7) is 0. The third-order valence-corrected chi connectivity index (χ3v) is 3.57. The summed E-state index contributed by atoms with van der Waals surface area (Å²) in [5.74, 6) is -0.862. The SMILES string of the molecule is O=C(O/N=C\c1ccc(Oc2ccc(F)cc2)c([N+](=O)[O-])c1)c1ccccc1. The highest BCUT2D eigenvalue weighted by molar-refractivity contribution is 5.90. The summed E-state index contributed by atoms with van der Waals surface area (Å²) in [6, 6.07) is 17.5. The number of hydrogen-bond acceptors (Lipinski definition) is 6. The molecule has 0 fully saturated rings. The van der Waals surface area contributed by atoms with Crippen LogP contribution >= 0.6 is 0 Å². The molecule has 3 aromatic rings. The van der Waals surface area contributed by atoms with Gasteiger partial charge < -0.3 is 9.57 Å². The van der Waals surface area contributed by atoms with Gasteiger partial charge in [0.05, 0.1) is 16.7 Å². The van der Waals surface area contributed by atoms with Crippen LogP contribution in [0.25, 0.3) is 0 Å². The first-order valence-corrected chi connectivity index (χ1v) is 8.04. The lowest BCUT2D eigenvalue weighted by Crippen LogP contribution is -2.00. The lowest BCUT2D eigenvalue weighted by molar-refractivity contribution is -0.385. The molecule has 3 rings (SSSR count). The summed E-state index contributed by atoms with van der Waals surface area (Å²) in [5.41, 5.74) is 0.343. The van der Waals surface area contributed by atoms with Crippen molar-refractivity contribution in [3.05, 3.63) is 99.9 Å². The number of benzene rings is 3. The number of ether oxygens (including phenoxy) is 1. The molecule has 3 aromatic carbocycles. The van der Waals surface area contributed by atoms with E-state index in [4.69, 9.17) is 9.57 Å². The molecule has 8 heteroatoms. The van der Waals surface area contributed by atoms with Gasteiger partial charge in [0.1, 0.15) is 11.6 Å². The fraction of sp³-hybridized carbons (Fsp3) is 0. The number of halogens is 1. The van der Waals surface area contributed by atoms with E-state index in [0.29, 0.717) is 11.1 Å². The number of nitrogens with zero attached hydrogens (tertiary/aromatic N) is 2. The van der Waals surface area contributed by atoms with Crippen LogP contribution in [0.15, 0.2) is 78.0 Å². The Morgan fingerprint density at radius 1 is 1.04 bits per heavy atom. The number of oxime groups is 1. The highest BCUT2D eigenvalue weighted by atomic mass is 19.1. The van der Waals surface area contributed by atoms with Crippen LogP contribution in [0.4, 0.5) is 10.1 Å². The Morgan fingerprint density at radius 3 is 2.43 bits per heavy atom. The Hall–Kier alpha value is -4.07. The van der Waals surface area contributed by atoms with E-state index in [0.717, 1.165) is 0 Å². The zero-order valence-corrected chi connectivity index (χ0v) is 14.3. The maximum absolute atomic E-state index is 13.0. The summed E-state index contributed by atoms with van der Waals surface area (Å²) in [5, 5.41) is 14.9. The van der Waals surface area contributed by atoms with E-state index >= 15 is 0 Å². The quantitative estimate of drug-likeness (QED) is 0.267. The van der Waals surface area contributed by atoms with Gasteiger partial charge in [-0.3, -0.25) is 10.1 Å². The Morgan fingerprint density at radius 2 is 1.75 bits per heavy atom. The Balaban J connectivity index is 1.74. The number of nitro benzene ring substituents is 1. The van der Waals surface area contributed by atoms with E-state index in [2.05, 4.69) is 5.16 Å². The fourth-order valence-corrected chi connectivity index (χ4v) is 2.24. The molecule has 0 bridgehead atoms. The van der Waals surface area contributed by atoms with Crippen LogP contribution in [0, 0.1) is 15.9 Å². The summed E-state index contributed by atoms with van der Waals surface area (Å²) in [6.07, 6.45) is 1.18. The van der Waals surface area contributed by atoms with Crippen molar-refractivity contribution in [2.24, 2.45) is 5.16 Å². The minimum Gasteiger partial charge on any atom is -0.450 e. The predicted molar refractivity (Wildman–Crippen MR) is 99.0 cm³/mol. The molecule has 0 amide bonds. The van der Waals surface area contributed by atoms with E-state index in [9.17, 15) is 19.3 Å². The molecule has 0 N–H and O–H groups in total. The van der Waals surface area contributed by atoms with Crippen LogP contribution in [-0.2, 0) is 4.84 Å². The van der Waals surface area contributed by atoms with E-state index in [-0.39, 0.29) is 17.2 Å². The molecule has 0 saturated carbocycles. The van der Waals surface area contributed by atoms with Crippen LogP contribution < -0.4 is 4.74 Å². The number of hydrogen-bond donors (Lipinski definition) is 0. The third kappa shape index (κ3) is 4.76. The molecule has 0 atom stereocenters. The first-order valence-electron chi connectivity index (χ1n) is 8.04. The number of carbonyl (C=O) groups excluding carboxylic acids is 1. The standard InChI is InChI=1S/C20H13FN2O5/c21-16-7-9-17(10-8-16)27-19-11-6-14(12-18(19)23(25)26)13-22-28-20(24)15-4-2-1-3-5-15/h1-13H/b22-13-. The molecule has 0 radical (unpaired) electrons. The fourth-order valence-electron chi connectivity index (χ4n) is 2.24. The molecule has 28 heavy (non-hydrogen) atoms. The van der Waals surface area contributed by atoms with Gasteiger partial charge in [-0.1, -0.05) is 23.4 Å². The van der Waals surface area contributed by atoms with E-state index in [1.165, 1.54) is 48.7 Å². The molecular formula is C20H13FN2O5. The lowest BCUT2D eigenvalue weighted by atomic mass is 10.2. The van der Waals surface area contributed by atoms with E-state index < -0.39 is 16.7 Å². The normalized spacial score (nSPS) is 10.6. The molecule has 0 aliphatic carbocycles. The van der Waals surface area contributed by atoms with Crippen molar-refractivity contribution in [2.45, 2.75) is 0 Å². The largest absolute Gasteiger partial charge is 0.450 e. The van der Waals surface area contributed by atoms with Crippen molar-refractivity contribution in [3.63, 3.8) is 0 Å². The zero-order valence-electron chi connectivity index (χ0n) is 14.3. The van der Waals surface area contributed by atoms with Crippen LogP contribution in [0.5, 0.6) is 11.5 Å². The van der Waals surface area contributed by atoms with Crippen molar-refractivity contribution in [2.75, 3.05) is 0 Å². The molecule has 7 nitrogen and oxygen atoms in total. The molecule has 0 aliphatic rings. The van der Waals surface area contributed by atoms with E-state index in [1.807, 2.05) is 0 Å². The molecule has 0 spiro atoms. The van der Waals surface area contributed by atoms with Crippen molar-refractivity contribution in [1.29, 1.82) is 0 Å². The first-order chi connectivity index (χ1) is 13.5. The topological polar surface area (TPSA) is 91.0 Å². The second-order valence-electron chi connectivity index (χ2n) is 5.52. The zero-order chi connectivity index (χ0) is 19.9. The molecule has 0 aliphatic heterocycles. The average Bonchev–Trinajstić information content (AvgIpc) is 2.71. The lowest BCUT2D eigenvalue weighted by Gasteiger charge is -2.06. The van der Waals surface area contributed by atoms with Crippen LogP contribution in [0.3, 0.4) is 0 Å². The van der Waals surface area contributed by atoms with Gasteiger partial charge in [-0.15, -0.1) is 0 Å². The number of rotatable bonds is 6. The Kier molecular flexibility index (Phi) is 5.71. The van der Waals surface area contributed by atoms with Crippen LogP contribution in [-0.4, -0.2) is 17.1 Å². The van der Waals surface area contributed by atoms with Gasteiger partial charge in [0, 0.05) is 11.6 Å². The molecule has 0 heterocycles. The second-order valence-corrected chi connectivity index (χ2v) is 5.52. The van der Waals surface area contributed by atoms with Gasteiger partial charge in [0.2, 0.25) is 5.75 Å². The molecule has 140 valence electrons. The summed E-state index contributed by atoms with van der Waals surface area (Å²) in [7, 11) is 0. The van der Waals surface area contributed by atoms with Gasteiger partial charge in [-0.05, 0) is 48.5 Å².